The number of hydrogen-bond acceptors (Lipinski definition) is 3. The third kappa shape index (κ3) is 7.62. The molecule has 0 amide bonds. The van der Waals surface area contributed by atoms with Crippen molar-refractivity contribution in [3.8, 4) is 0 Å². The van der Waals surface area contributed by atoms with Gasteiger partial charge in [0.1, 0.15) is 11.6 Å². The summed E-state index contributed by atoms with van der Waals surface area (Å²) in [6, 6.07) is 0. The van der Waals surface area contributed by atoms with Gasteiger partial charge in [0, 0.05) is 14.2 Å². The summed E-state index contributed by atoms with van der Waals surface area (Å²) in [4.78, 5) is -1.29. The Morgan fingerprint density at radius 1 is 0.741 bits per heavy atom. The Balaban J connectivity index is -0.000000352. The number of hydrogen-bond donors (Lipinski definition) is 2. The van der Waals surface area contributed by atoms with Crippen molar-refractivity contribution in [3.05, 3.63) is 51.9 Å². The Morgan fingerprint density at radius 3 is 1.22 bits per heavy atom. The van der Waals surface area contributed by atoms with Crippen LogP contribution in [0.1, 0.15) is 34.6 Å². The van der Waals surface area contributed by atoms with Gasteiger partial charge in [-0.25, -0.2) is 27.5 Å². The van der Waals surface area contributed by atoms with Gasteiger partial charge in [0.2, 0.25) is 0 Å². The molecule has 0 spiro atoms. The predicted octanol–water partition coefficient (Wildman–Crippen LogP) is 4.61. The van der Waals surface area contributed by atoms with Gasteiger partial charge in [-0.05, 0) is 0 Å². The summed E-state index contributed by atoms with van der Waals surface area (Å²) in [5.74, 6) is -10.2. The summed E-state index contributed by atoms with van der Waals surface area (Å²) >= 11 is 3.93. The van der Waals surface area contributed by atoms with Crippen molar-refractivity contribution in [1.82, 2.24) is 0 Å². The number of rotatable bonds is 0. The van der Waals surface area contributed by atoms with E-state index >= 15 is 0 Å². The van der Waals surface area contributed by atoms with E-state index in [0.717, 1.165) is 14.2 Å². The summed E-state index contributed by atoms with van der Waals surface area (Å²) < 4.78 is 61.2. The molecule has 0 fully saturated rings. The minimum atomic E-state index is -2.20. The van der Waals surface area contributed by atoms with Crippen molar-refractivity contribution in [2.45, 2.75) is 39.5 Å². The van der Waals surface area contributed by atoms with Crippen molar-refractivity contribution in [2.75, 3.05) is 14.2 Å². The number of aliphatic hydroxyl groups excluding tert-OH is 2. The van der Waals surface area contributed by atoms with Gasteiger partial charge in [-0.15, -0.1) is 6.92 Å². The molecule has 0 aromatic heterocycles. The molecular formula is C18H23F5O2STi. The number of benzene rings is 1. The van der Waals surface area contributed by atoms with Crippen molar-refractivity contribution in [1.29, 1.82) is 0 Å². The summed E-state index contributed by atoms with van der Waals surface area (Å²) in [5.41, 5.74) is 4.39. The molecule has 1 aromatic rings. The number of allylic oxidation sites excluding steroid dienone is 4. The van der Waals surface area contributed by atoms with Crippen LogP contribution in [0.2, 0.25) is 0 Å². The minimum absolute atomic E-state index is 0. The molecule has 152 valence electrons. The maximum atomic E-state index is 12.3. The molecule has 0 radical (unpaired) electrons. The first-order valence-corrected chi connectivity index (χ1v) is 7.70. The second-order valence-corrected chi connectivity index (χ2v) is 5.93. The van der Waals surface area contributed by atoms with Gasteiger partial charge >= 0.3 is 21.7 Å². The van der Waals surface area contributed by atoms with E-state index in [-0.39, 0.29) is 27.1 Å². The summed E-state index contributed by atoms with van der Waals surface area (Å²) in [6.07, 6.45) is 3.44. The van der Waals surface area contributed by atoms with Crippen molar-refractivity contribution < 1.29 is 53.9 Å². The number of aliphatic hydroxyl groups is 2. The first kappa shape index (κ1) is 30.9. The van der Waals surface area contributed by atoms with Crippen LogP contribution in [0.3, 0.4) is 0 Å². The summed E-state index contributed by atoms with van der Waals surface area (Å²) in [5, 5.41) is 14.0. The summed E-state index contributed by atoms with van der Waals surface area (Å²) in [6.45, 7) is 10.9. The van der Waals surface area contributed by atoms with Crippen LogP contribution in [0.25, 0.3) is 0 Å². The molecule has 9 heteroatoms. The zero-order chi connectivity index (χ0) is 21.4. The van der Waals surface area contributed by atoms with Crippen LogP contribution in [-0.4, -0.2) is 24.4 Å². The quantitative estimate of drug-likeness (QED) is 0.153. The molecule has 1 aromatic carbocycles. The topological polar surface area (TPSA) is 40.5 Å². The SMILES string of the molecule is CC1=[C-]C(C)(C)C(C)=C1C.CO.CO.Fc1c(F)c(F)c([S-])c(F)c1F.[Ti+2]. The molecule has 0 atom stereocenters. The Kier molecular flexibility index (Phi) is 15.3. The number of halogens is 5. The fourth-order valence-electron chi connectivity index (χ4n) is 1.99. The normalized spacial score (nSPS) is 13.8. The van der Waals surface area contributed by atoms with E-state index in [9.17, 15) is 22.0 Å². The van der Waals surface area contributed by atoms with Crippen molar-refractivity contribution in [3.63, 3.8) is 0 Å². The molecule has 0 saturated carbocycles. The zero-order valence-corrected chi connectivity index (χ0v) is 18.6. The second kappa shape index (κ2) is 13.4. The van der Waals surface area contributed by atoms with Gasteiger partial charge in [-0.2, -0.15) is 11.1 Å². The largest absolute Gasteiger partial charge is 2.00 e. The van der Waals surface area contributed by atoms with E-state index < -0.39 is 34.0 Å². The second-order valence-electron chi connectivity index (χ2n) is 5.52. The third-order valence-corrected chi connectivity index (χ3v) is 4.09. The molecule has 1 aliphatic rings. The Bertz CT molecular complexity index is 584. The van der Waals surface area contributed by atoms with Crippen molar-refractivity contribution in [2.24, 2.45) is 5.41 Å². The van der Waals surface area contributed by atoms with Crippen LogP contribution in [-0.2, 0) is 34.3 Å². The van der Waals surface area contributed by atoms with Crippen LogP contribution in [0.4, 0.5) is 22.0 Å². The van der Waals surface area contributed by atoms with Crippen LogP contribution in [0.5, 0.6) is 0 Å². The van der Waals surface area contributed by atoms with Gasteiger partial charge in [0.25, 0.3) is 0 Å². The monoisotopic (exact) mass is 446 g/mol. The van der Waals surface area contributed by atoms with E-state index in [1.807, 2.05) is 0 Å². The zero-order valence-electron chi connectivity index (χ0n) is 16.2. The molecule has 1 aliphatic carbocycles. The predicted molar refractivity (Wildman–Crippen MR) is 92.7 cm³/mol. The van der Waals surface area contributed by atoms with E-state index in [2.05, 4.69) is 53.3 Å². The van der Waals surface area contributed by atoms with Crippen LogP contribution in [0, 0.1) is 40.6 Å². The van der Waals surface area contributed by atoms with E-state index in [1.54, 1.807) is 0 Å². The van der Waals surface area contributed by atoms with Gasteiger partial charge in [-0.1, -0.05) is 38.0 Å². The first-order chi connectivity index (χ1) is 11.9. The van der Waals surface area contributed by atoms with Crippen LogP contribution in [0.15, 0.2) is 21.6 Å². The molecule has 27 heavy (non-hydrogen) atoms. The minimum Gasteiger partial charge on any atom is -0.774 e. The fourth-order valence-corrected chi connectivity index (χ4v) is 2.17. The smallest absolute Gasteiger partial charge is 0.774 e. The van der Waals surface area contributed by atoms with Crippen LogP contribution >= 0.6 is 0 Å². The molecule has 2 N–H and O–H groups in total. The molecule has 0 saturated heterocycles. The average Bonchev–Trinajstić information content (AvgIpc) is 2.82. The first-order valence-electron chi connectivity index (χ1n) is 7.29. The molecule has 0 heterocycles. The molecule has 0 unspecified atom stereocenters. The molecule has 2 nitrogen and oxygen atoms in total. The molecular weight excluding hydrogens is 423 g/mol. The molecule has 2 rings (SSSR count). The molecule has 0 aliphatic heterocycles. The van der Waals surface area contributed by atoms with Crippen molar-refractivity contribution >= 4 is 12.6 Å². The van der Waals surface area contributed by atoms with Gasteiger partial charge < -0.3 is 22.8 Å². The van der Waals surface area contributed by atoms with Gasteiger partial charge in [0.05, 0.1) is 0 Å². The maximum Gasteiger partial charge on any atom is 2.00 e. The maximum absolute atomic E-state index is 12.3. The van der Waals surface area contributed by atoms with Gasteiger partial charge in [-0.3, -0.25) is 6.08 Å². The molecule has 0 bridgehead atoms. The Morgan fingerprint density at radius 2 is 1.04 bits per heavy atom. The average molecular weight is 446 g/mol. The summed E-state index contributed by atoms with van der Waals surface area (Å²) in [7, 11) is 2.00. The van der Waals surface area contributed by atoms with E-state index in [4.69, 9.17) is 10.2 Å². The third-order valence-electron chi connectivity index (χ3n) is 3.73. The fraction of sp³-hybridized carbons (Fsp3) is 0.444. The van der Waals surface area contributed by atoms with E-state index in [1.165, 1.54) is 16.7 Å². The van der Waals surface area contributed by atoms with Gasteiger partial charge in [0.15, 0.2) is 17.5 Å². The van der Waals surface area contributed by atoms with Crippen LogP contribution < -0.4 is 0 Å². The Hall–Kier alpha value is -0.796. The standard InChI is InChI=1S/C10H15.C6HF5S.2CH4O.Ti/c1-7-6-10(4,5)9(3)8(7)2;7-1-2(8)4(10)6(12)5(11)3(1)9;2*1-2;/h1-5H3;12H;2*2H,1H3;/q-1;;;;+2/p-1. The van der Waals surface area contributed by atoms with E-state index in [0.29, 0.717) is 0 Å². The Labute approximate surface area is 177 Å².